The molecule has 2 atom stereocenters. The number of carboxylic acids is 1. The number of benzene rings is 2. The molecule has 0 unspecified atom stereocenters. The van der Waals surface area contributed by atoms with Crippen molar-refractivity contribution < 1.29 is 23.9 Å². The lowest BCUT2D eigenvalue weighted by Gasteiger charge is -2.39. The van der Waals surface area contributed by atoms with E-state index < -0.39 is 32.5 Å². The van der Waals surface area contributed by atoms with Gasteiger partial charge in [-0.15, -0.1) is 0 Å². The predicted molar refractivity (Wildman–Crippen MR) is 127 cm³/mol. The van der Waals surface area contributed by atoms with Gasteiger partial charge >= 0.3 is 12.1 Å². The number of carboxylic acid groups (broad SMARTS) is 1. The van der Waals surface area contributed by atoms with Gasteiger partial charge in [0.25, 0.3) is 0 Å². The van der Waals surface area contributed by atoms with Gasteiger partial charge < -0.3 is 19.6 Å². The fraction of sp³-hybridized carbons (Fsp3) is 0.440. The van der Waals surface area contributed by atoms with Crippen LogP contribution in [0.4, 0.5) is 4.79 Å². The number of ether oxygens (including phenoxy) is 1. The van der Waals surface area contributed by atoms with E-state index in [1.165, 1.54) is 0 Å². The molecule has 0 aliphatic heterocycles. The molecule has 2 aromatic rings. The number of hydrogen-bond donors (Lipinski definition) is 2. The number of rotatable bonds is 7. The maximum absolute atomic E-state index is 12.6. The molecule has 0 saturated heterocycles. The van der Waals surface area contributed by atoms with E-state index >= 15 is 0 Å². The summed E-state index contributed by atoms with van der Waals surface area (Å²) >= 11 is 0. The van der Waals surface area contributed by atoms with Gasteiger partial charge in [-0.3, -0.25) is 0 Å². The molecule has 172 valence electrons. The molecule has 32 heavy (non-hydrogen) atoms. The number of amides is 1. The highest BCUT2D eigenvalue weighted by Crippen LogP contribution is 2.44. The number of fused-ring (bicyclic) bond motifs is 3. The third-order valence-electron chi connectivity index (χ3n) is 6.64. The standard InChI is InChI=1S/C25H33NO5Si/c1-16(31-32(5,6)25(2,3)4)22(23(27)28)26-24(29)30-15-21-19-13-9-7-11-17(19)18-12-8-10-14-20(18)21/h7-14,16,21-22H,15H2,1-6H3,(H,26,29)(H,27,28)/t16-,22+/m0/s1. The fourth-order valence-electron chi connectivity index (χ4n) is 3.86. The van der Waals surface area contributed by atoms with Gasteiger partial charge in [-0.25, -0.2) is 9.59 Å². The van der Waals surface area contributed by atoms with Gasteiger partial charge in [-0.05, 0) is 47.3 Å². The SMILES string of the molecule is C[C@H](O[Si](C)(C)C(C)(C)C)[C@@H](NC(=O)OCC1c2ccccc2-c2ccccc21)C(=O)O. The summed E-state index contributed by atoms with van der Waals surface area (Å²) in [6.07, 6.45) is -1.45. The molecule has 3 rings (SSSR count). The number of carbonyl (C=O) groups excluding carboxylic acids is 1. The number of carbonyl (C=O) groups is 2. The number of nitrogens with one attached hydrogen (secondary N) is 1. The molecule has 0 fully saturated rings. The topological polar surface area (TPSA) is 84.9 Å². The highest BCUT2D eigenvalue weighted by atomic mass is 28.4. The second kappa shape index (κ2) is 9.08. The Kier molecular flexibility index (Phi) is 6.81. The third-order valence-corrected chi connectivity index (χ3v) is 11.2. The normalized spacial score (nSPS) is 15.4. The van der Waals surface area contributed by atoms with Gasteiger partial charge in [-0.1, -0.05) is 69.3 Å². The molecule has 6 nitrogen and oxygen atoms in total. The maximum atomic E-state index is 12.6. The highest BCUT2D eigenvalue weighted by molar-refractivity contribution is 6.74. The van der Waals surface area contributed by atoms with Crippen LogP contribution >= 0.6 is 0 Å². The molecule has 0 spiro atoms. The van der Waals surface area contributed by atoms with Gasteiger partial charge in [0.2, 0.25) is 0 Å². The van der Waals surface area contributed by atoms with Crippen LogP contribution in [0.15, 0.2) is 48.5 Å². The molecular formula is C25H33NO5Si. The summed E-state index contributed by atoms with van der Waals surface area (Å²) in [5, 5.41) is 12.1. The van der Waals surface area contributed by atoms with Crippen LogP contribution in [0.3, 0.4) is 0 Å². The van der Waals surface area contributed by atoms with E-state index in [0.29, 0.717) is 0 Å². The average Bonchev–Trinajstić information content (AvgIpc) is 3.03. The summed E-state index contributed by atoms with van der Waals surface area (Å²) in [7, 11) is -2.20. The van der Waals surface area contributed by atoms with E-state index in [2.05, 4.69) is 51.3 Å². The average molecular weight is 456 g/mol. The maximum Gasteiger partial charge on any atom is 0.407 e. The number of alkyl carbamates (subject to hydrolysis) is 1. The van der Waals surface area contributed by atoms with Gasteiger partial charge in [-0.2, -0.15) is 0 Å². The first-order chi connectivity index (χ1) is 14.9. The molecule has 0 aromatic heterocycles. The molecular weight excluding hydrogens is 422 g/mol. The lowest BCUT2D eigenvalue weighted by Crippen LogP contribution is -2.54. The first kappa shape index (κ1) is 24.0. The highest BCUT2D eigenvalue weighted by Gasteiger charge is 2.41. The van der Waals surface area contributed by atoms with Gasteiger partial charge in [0.15, 0.2) is 14.4 Å². The van der Waals surface area contributed by atoms with Crippen molar-refractivity contribution in [3.63, 3.8) is 0 Å². The molecule has 1 amide bonds. The van der Waals surface area contributed by atoms with E-state index in [0.717, 1.165) is 22.3 Å². The first-order valence-electron chi connectivity index (χ1n) is 10.9. The zero-order valence-electron chi connectivity index (χ0n) is 19.6. The minimum Gasteiger partial charge on any atom is -0.480 e. The van der Waals surface area contributed by atoms with E-state index in [9.17, 15) is 14.7 Å². The quantitative estimate of drug-likeness (QED) is 0.547. The Bertz CT molecular complexity index is 952. The Morgan fingerprint density at radius 3 is 2.00 bits per heavy atom. The van der Waals surface area contributed by atoms with Crippen molar-refractivity contribution in [2.75, 3.05) is 6.61 Å². The van der Waals surface area contributed by atoms with Crippen molar-refractivity contribution in [1.29, 1.82) is 0 Å². The number of hydrogen-bond acceptors (Lipinski definition) is 4. The van der Waals surface area contributed by atoms with Crippen LogP contribution in [0.5, 0.6) is 0 Å². The van der Waals surface area contributed by atoms with Crippen LogP contribution < -0.4 is 5.32 Å². The van der Waals surface area contributed by atoms with Crippen molar-refractivity contribution in [1.82, 2.24) is 5.32 Å². The molecule has 7 heteroatoms. The van der Waals surface area contributed by atoms with E-state index in [-0.39, 0.29) is 17.6 Å². The van der Waals surface area contributed by atoms with Crippen LogP contribution in [0.1, 0.15) is 44.7 Å². The number of aliphatic carboxylic acids is 1. The smallest absolute Gasteiger partial charge is 0.407 e. The Morgan fingerprint density at radius 2 is 1.53 bits per heavy atom. The molecule has 0 radical (unpaired) electrons. The van der Waals surface area contributed by atoms with Crippen LogP contribution in [0.25, 0.3) is 11.1 Å². The minimum atomic E-state index is -2.20. The Labute approximate surface area is 191 Å². The van der Waals surface area contributed by atoms with Gasteiger partial charge in [0.05, 0.1) is 6.10 Å². The monoisotopic (exact) mass is 455 g/mol. The Morgan fingerprint density at radius 1 is 1.03 bits per heavy atom. The Balaban J connectivity index is 1.68. The molecule has 2 aromatic carbocycles. The predicted octanol–water partition coefficient (Wildman–Crippen LogP) is 5.39. The molecule has 2 N–H and O–H groups in total. The van der Waals surface area contributed by atoms with Gasteiger partial charge in [0, 0.05) is 5.92 Å². The lowest BCUT2D eigenvalue weighted by molar-refractivity contribution is -0.141. The zero-order chi connectivity index (χ0) is 23.7. The van der Waals surface area contributed by atoms with Gasteiger partial charge in [0.1, 0.15) is 6.61 Å². The van der Waals surface area contributed by atoms with E-state index in [1.807, 2.05) is 36.4 Å². The van der Waals surface area contributed by atoms with E-state index in [1.54, 1.807) is 6.92 Å². The summed E-state index contributed by atoms with van der Waals surface area (Å²) in [6.45, 7) is 12.2. The zero-order valence-corrected chi connectivity index (χ0v) is 20.6. The molecule has 0 saturated carbocycles. The molecule has 0 bridgehead atoms. The van der Waals surface area contributed by atoms with Crippen molar-refractivity contribution in [2.24, 2.45) is 0 Å². The molecule has 0 heterocycles. The van der Waals surface area contributed by atoms with Crippen molar-refractivity contribution in [3.8, 4) is 11.1 Å². The van der Waals surface area contributed by atoms with Crippen LogP contribution in [0.2, 0.25) is 18.1 Å². The second-order valence-electron chi connectivity index (χ2n) is 9.87. The van der Waals surface area contributed by atoms with Crippen molar-refractivity contribution in [2.45, 2.75) is 63.9 Å². The van der Waals surface area contributed by atoms with E-state index in [4.69, 9.17) is 9.16 Å². The second-order valence-corrected chi connectivity index (χ2v) is 14.6. The first-order valence-corrected chi connectivity index (χ1v) is 13.9. The van der Waals surface area contributed by atoms with Crippen LogP contribution in [-0.4, -0.2) is 44.2 Å². The van der Waals surface area contributed by atoms with Crippen LogP contribution in [-0.2, 0) is 14.0 Å². The lowest BCUT2D eigenvalue weighted by atomic mass is 9.98. The summed E-state index contributed by atoms with van der Waals surface area (Å²) in [6, 6.07) is 14.9. The molecule has 1 aliphatic carbocycles. The fourth-order valence-corrected chi connectivity index (χ4v) is 5.28. The third kappa shape index (κ3) is 4.89. The molecule has 1 aliphatic rings. The van der Waals surface area contributed by atoms with Crippen molar-refractivity contribution >= 4 is 20.4 Å². The minimum absolute atomic E-state index is 0.0753. The van der Waals surface area contributed by atoms with Crippen LogP contribution in [0, 0.1) is 0 Å². The summed E-state index contributed by atoms with van der Waals surface area (Å²) < 4.78 is 11.7. The summed E-state index contributed by atoms with van der Waals surface area (Å²) in [5.41, 5.74) is 4.48. The Hall–Kier alpha value is -2.64. The largest absolute Gasteiger partial charge is 0.480 e. The summed E-state index contributed by atoms with van der Waals surface area (Å²) in [4.78, 5) is 24.4. The van der Waals surface area contributed by atoms with Crippen molar-refractivity contribution in [3.05, 3.63) is 59.7 Å². The summed E-state index contributed by atoms with van der Waals surface area (Å²) in [5.74, 6) is -1.23.